The highest BCUT2D eigenvalue weighted by molar-refractivity contribution is 5.60. The number of aryl methyl sites for hydroxylation is 1. The second-order valence-corrected chi connectivity index (χ2v) is 4.93. The van der Waals surface area contributed by atoms with Gasteiger partial charge in [-0.25, -0.2) is 0 Å². The molecule has 2 unspecified atom stereocenters. The highest BCUT2D eigenvalue weighted by Crippen LogP contribution is 2.29. The maximum atomic E-state index is 9.26. The van der Waals surface area contributed by atoms with E-state index >= 15 is 0 Å². The number of nitrogens with two attached hydrogens (primary N) is 1. The summed E-state index contributed by atoms with van der Waals surface area (Å²) in [6.45, 7) is 6.20. The summed E-state index contributed by atoms with van der Waals surface area (Å²) in [5.41, 5.74) is 9.41. The standard InChI is InChI=1S/C14H22N2O2/c1-10-4-3-5-12(6-15)14(10)16-7-13(8-17)18-9-11(16)2/h3-5,11,13,17H,6-9,15H2,1-2H3. The van der Waals surface area contributed by atoms with Crippen molar-refractivity contribution in [3.63, 3.8) is 0 Å². The van der Waals surface area contributed by atoms with Gasteiger partial charge < -0.3 is 20.5 Å². The Kier molecular flexibility index (Phi) is 4.22. The van der Waals surface area contributed by atoms with Gasteiger partial charge in [0.05, 0.1) is 19.3 Å². The fourth-order valence-corrected chi connectivity index (χ4v) is 2.53. The van der Waals surface area contributed by atoms with E-state index in [0.717, 1.165) is 12.1 Å². The van der Waals surface area contributed by atoms with Crippen LogP contribution in [0.4, 0.5) is 5.69 Å². The number of hydrogen-bond donors (Lipinski definition) is 2. The van der Waals surface area contributed by atoms with Gasteiger partial charge in [-0.2, -0.15) is 0 Å². The molecule has 0 amide bonds. The van der Waals surface area contributed by atoms with Gasteiger partial charge in [0.15, 0.2) is 0 Å². The second-order valence-electron chi connectivity index (χ2n) is 4.93. The SMILES string of the molecule is Cc1cccc(CN)c1N1CC(CO)OCC1C. The monoisotopic (exact) mass is 250 g/mol. The van der Waals surface area contributed by atoms with Crippen LogP contribution in [0.25, 0.3) is 0 Å². The van der Waals surface area contributed by atoms with Crippen molar-refractivity contribution in [1.29, 1.82) is 0 Å². The van der Waals surface area contributed by atoms with E-state index in [9.17, 15) is 5.11 Å². The van der Waals surface area contributed by atoms with Crippen molar-refractivity contribution in [3.05, 3.63) is 29.3 Å². The molecule has 3 N–H and O–H groups in total. The quantitative estimate of drug-likeness (QED) is 0.841. The lowest BCUT2D eigenvalue weighted by molar-refractivity contribution is -0.0104. The lowest BCUT2D eigenvalue weighted by Gasteiger charge is -2.40. The van der Waals surface area contributed by atoms with Gasteiger partial charge in [-0.05, 0) is 25.0 Å². The van der Waals surface area contributed by atoms with E-state index in [0.29, 0.717) is 19.2 Å². The zero-order valence-corrected chi connectivity index (χ0v) is 11.1. The average Bonchev–Trinajstić information content (AvgIpc) is 2.39. The minimum Gasteiger partial charge on any atom is -0.394 e. The second kappa shape index (κ2) is 5.69. The molecule has 0 spiro atoms. The summed E-state index contributed by atoms with van der Waals surface area (Å²) in [4.78, 5) is 2.31. The maximum absolute atomic E-state index is 9.26. The van der Waals surface area contributed by atoms with Crippen molar-refractivity contribution in [1.82, 2.24) is 0 Å². The summed E-state index contributed by atoms with van der Waals surface area (Å²) in [7, 11) is 0. The van der Waals surface area contributed by atoms with E-state index in [1.165, 1.54) is 11.3 Å². The minimum absolute atomic E-state index is 0.0626. The molecule has 18 heavy (non-hydrogen) atoms. The summed E-state index contributed by atoms with van der Waals surface area (Å²) < 4.78 is 5.58. The van der Waals surface area contributed by atoms with Gasteiger partial charge in [-0.1, -0.05) is 18.2 Å². The minimum atomic E-state index is -0.105. The Hall–Kier alpha value is -1.10. The van der Waals surface area contributed by atoms with Crippen LogP contribution in [0.3, 0.4) is 0 Å². The molecular weight excluding hydrogens is 228 g/mol. The summed E-state index contributed by atoms with van der Waals surface area (Å²) >= 11 is 0. The van der Waals surface area contributed by atoms with E-state index in [2.05, 4.69) is 30.9 Å². The van der Waals surface area contributed by atoms with Crippen LogP contribution in [-0.2, 0) is 11.3 Å². The van der Waals surface area contributed by atoms with Gasteiger partial charge in [0.25, 0.3) is 0 Å². The van der Waals surface area contributed by atoms with E-state index < -0.39 is 0 Å². The van der Waals surface area contributed by atoms with Crippen LogP contribution < -0.4 is 10.6 Å². The normalized spacial score (nSPS) is 24.3. The molecule has 1 saturated heterocycles. The van der Waals surface area contributed by atoms with Crippen LogP contribution >= 0.6 is 0 Å². The van der Waals surface area contributed by atoms with Gasteiger partial charge in [-0.3, -0.25) is 0 Å². The predicted molar refractivity (Wildman–Crippen MR) is 72.7 cm³/mol. The van der Waals surface area contributed by atoms with Crippen LogP contribution in [0.2, 0.25) is 0 Å². The average molecular weight is 250 g/mol. The predicted octanol–water partition coefficient (Wildman–Crippen LogP) is 1.04. The first-order valence-corrected chi connectivity index (χ1v) is 6.45. The molecule has 2 rings (SSSR count). The summed E-state index contributed by atoms with van der Waals surface area (Å²) in [6, 6.07) is 6.51. The number of benzene rings is 1. The molecular formula is C14H22N2O2. The van der Waals surface area contributed by atoms with Gasteiger partial charge in [0, 0.05) is 24.8 Å². The first kappa shape index (κ1) is 13.3. The molecule has 1 fully saturated rings. The first-order valence-electron chi connectivity index (χ1n) is 6.45. The molecule has 1 aliphatic heterocycles. The molecule has 2 atom stereocenters. The molecule has 1 aromatic carbocycles. The molecule has 0 aliphatic carbocycles. The van der Waals surface area contributed by atoms with E-state index in [1.807, 2.05) is 6.07 Å². The number of nitrogens with zero attached hydrogens (tertiary/aromatic N) is 1. The maximum Gasteiger partial charge on any atom is 0.0981 e. The van der Waals surface area contributed by atoms with Crippen molar-refractivity contribution < 1.29 is 9.84 Å². The Labute approximate surface area is 108 Å². The van der Waals surface area contributed by atoms with E-state index in [1.54, 1.807) is 0 Å². The van der Waals surface area contributed by atoms with Crippen LogP contribution in [0.15, 0.2) is 18.2 Å². The molecule has 1 aliphatic rings. The number of anilines is 1. The molecule has 4 nitrogen and oxygen atoms in total. The summed E-state index contributed by atoms with van der Waals surface area (Å²) in [5.74, 6) is 0. The Morgan fingerprint density at radius 3 is 2.94 bits per heavy atom. The van der Waals surface area contributed by atoms with Crippen LogP contribution in [0.5, 0.6) is 0 Å². The zero-order chi connectivity index (χ0) is 13.1. The molecule has 0 aromatic heterocycles. The third kappa shape index (κ3) is 2.51. The number of para-hydroxylation sites is 1. The number of aliphatic hydroxyl groups excluding tert-OH is 1. The molecule has 0 bridgehead atoms. The molecule has 0 saturated carbocycles. The summed E-state index contributed by atoms with van der Waals surface area (Å²) in [5, 5.41) is 9.26. The topological polar surface area (TPSA) is 58.7 Å². The Balaban J connectivity index is 2.34. The largest absolute Gasteiger partial charge is 0.394 e. The highest BCUT2D eigenvalue weighted by Gasteiger charge is 2.27. The van der Waals surface area contributed by atoms with Gasteiger partial charge in [0.2, 0.25) is 0 Å². The Morgan fingerprint density at radius 1 is 1.50 bits per heavy atom. The Morgan fingerprint density at radius 2 is 2.28 bits per heavy atom. The Bertz CT molecular complexity index is 409. The zero-order valence-electron chi connectivity index (χ0n) is 11.1. The van der Waals surface area contributed by atoms with E-state index in [-0.39, 0.29) is 12.7 Å². The van der Waals surface area contributed by atoms with Crippen molar-refractivity contribution in [3.8, 4) is 0 Å². The molecule has 1 aromatic rings. The molecule has 4 heteroatoms. The van der Waals surface area contributed by atoms with Crippen LogP contribution in [0.1, 0.15) is 18.1 Å². The number of morpholine rings is 1. The fourth-order valence-electron chi connectivity index (χ4n) is 2.53. The van der Waals surface area contributed by atoms with Crippen molar-refractivity contribution in [2.24, 2.45) is 5.73 Å². The van der Waals surface area contributed by atoms with Gasteiger partial charge >= 0.3 is 0 Å². The molecule has 1 heterocycles. The fraction of sp³-hybridized carbons (Fsp3) is 0.571. The lowest BCUT2D eigenvalue weighted by Crippen LogP contribution is -2.50. The summed E-state index contributed by atoms with van der Waals surface area (Å²) in [6.07, 6.45) is -0.105. The van der Waals surface area contributed by atoms with Gasteiger partial charge in [-0.15, -0.1) is 0 Å². The number of ether oxygens (including phenoxy) is 1. The van der Waals surface area contributed by atoms with Gasteiger partial charge in [0.1, 0.15) is 0 Å². The van der Waals surface area contributed by atoms with Crippen molar-refractivity contribution in [2.45, 2.75) is 32.5 Å². The van der Waals surface area contributed by atoms with E-state index in [4.69, 9.17) is 10.5 Å². The lowest BCUT2D eigenvalue weighted by atomic mass is 10.0. The smallest absolute Gasteiger partial charge is 0.0981 e. The highest BCUT2D eigenvalue weighted by atomic mass is 16.5. The first-order chi connectivity index (χ1) is 8.67. The van der Waals surface area contributed by atoms with Crippen molar-refractivity contribution in [2.75, 3.05) is 24.7 Å². The third-order valence-electron chi connectivity index (χ3n) is 3.54. The molecule has 100 valence electrons. The molecule has 0 radical (unpaired) electrons. The third-order valence-corrected chi connectivity index (χ3v) is 3.54. The number of hydrogen-bond acceptors (Lipinski definition) is 4. The van der Waals surface area contributed by atoms with Crippen LogP contribution in [-0.4, -0.2) is 37.0 Å². The number of rotatable bonds is 3. The number of aliphatic hydroxyl groups is 1. The van der Waals surface area contributed by atoms with Crippen molar-refractivity contribution >= 4 is 5.69 Å². The van der Waals surface area contributed by atoms with Crippen LogP contribution in [0, 0.1) is 6.92 Å².